The summed E-state index contributed by atoms with van der Waals surface area (Å²) in [7, 11) is 2.59. The van der Waals surface area contributed by atoms with E-state index in [1.807, 2.05) is 0 Å². The van der Waals surface area contributed by atoms with Gasteiger partial charge in [-0.25, -0.2) is 0 Å². The maximum Gasteiger partial charge on any atom is 0.317 e. The molecular formula is C26H30O9. The van der Waals surface area contributed by atoms with Gasteiger partial charge in [0.15, 0.2) is 0 Å². The molecule has 9 nitrogen and oxygen atoms in total. The highest BCUT2D eigenvalue weighted by Crippen LogP contribution is 2.49. The molecule has 0 saturated carbocycles. The van der Waals surface area contributed by atoms with Crippen LogP contribution in [0.15, 0.2) is 46.9 Å². The molecule has 2 aliphatic rings. The molecule has 0 saturated heterocycles. The van der Waals surface area contributed by atoms with E-state index in [9.17, 15) is 19.2 Å². The molecule has 0 atom stereocenters. The summed E-state index contributed by atoms with van der Waals surface area (Å²) in [6.45, 7) is 4.27. The van der Waals surface area contributed by atoms with Crippen molar-refractivity contribution in [3.63, 3.8) is 0 Å². The quantitative estimate of drug-likeness (QED) is 0.264. The summed E-state index contributed by atoms with van der Waals surface area (Å²) in [5, 5.41) is 0. The predicted molar refractivity (Wildman–Crippen MR) is 123 cm³/mol. The summed E-state index contributed by atoms with van der Waals surface area (Å²) in [5.41, 5.74) is -0.168. The van der Waals surface area contributed by atoms with Crippen molar-refractivity contribution < 1.29 is 42.9 Å². The Morgan fingerprint density at radius 1 is 0.857 bits per heavy atom. The van der Waals surface area contributed by atoms with Gasteiger partial charge in [-0.2, -0.15) is 0 Å². The number of hydrogen-bond donors (Lipinski definition) is 0. The summed E-state index contributed by atoms with van der Waals surface area (Å²) in [5.74, 6) is -1.49. The molecule has 1 aromatic rings. The second kappa shape index (κ2) is 11.2. The van der Waals surface area contributed by atoms with Crippen LogP contribution in [0.1, 0.15) is 45.1 Å². The second-order valence-electron chi connectivity index (χ2n) is 8.12. The normalized spacial score (nSPS) is 16.7. The maximum absolute atomic E-state index is 13.2. The molecule has 0 radical (unpaired) electrons. The molecule has 1 aromatic carbocycles. The van der Waals surface area contributed by atoms with E-state index in [2.05, 4.69) is 0 Å². The molecule has 0 bridgehead atoms. The Labute approximate surface area is 204 Å². The summed E-state index contributed by atoms with van der Waals surface area (Å²) in [4.78, 5) is 50.8. The first kappa shape index (κ1) is 26.0. The van der Waals surface area contributed by atoms with Crippen LogP contribution in [0.25, 0.3) is 0 Å². The van der Waals surface area contributed by atoms with Crippen LogP contribution in [0.5, 0.6) is 5.75 Å². The van der Waals surface area contributed by atoms with Crippen LogP contribution in [0.2, 0.25) is 0 Å². The summed E-state index contributed by atoms with van der Waals surface area (Å²) in [6, 6.07) is 6.88. The lowest BCUT2D eigenvalue weighted by Gasteiger charge is -2.28. The minimum absolute atomic E-state index is 0.00926. The maximum atomic E-state index is 13.2. The Bertz CT molecular complexity index is 1020. The van der Waals surface area contributed by atoms with Gasteiger partial charge in [-0.15, -0.1) is 0 Å². The van der Waals surface area contributed by atoms with E-state index in [1.54, 1.807) is 38.1 Å². The van der Waals surface area contributed by atoms with Gasteiger partial charge < -0.3 is 23.7 Å². The number of benzene rings is 1. The van der Waals surface area contributed by atoms with Crippen LogP contribution in [-0.2, 0) is 43.5 Å². The van der Waals surface area contributed by atoms with Crippen LogP contribution in [-0.4, -0.2) is 57.5 Å². The van der Waals surface area contributed by atoms with Crippen molar-refractivity contribution in [3.8, 4) is 5.75 Å². The molecule has 0 fully saturated rings. The van der Waals surface area contributed by atoms with E-state index in [0.29, 0.717) is 30.9 Å². The van der Waals surface area contributed by atoms with Crippen molar-refractivity contribution >= 4 is 23.5 Å². The summed E-state index contributed by atoms with van der Waals surface area (Å²) < 4.78 is 26.3. The fraction of sp³-hybridized carbons (Fsp3) is 0.462. The molecule has 0 heterocycles. The number of allylic oxidation sites excluding steroid dienone is 2. The first-order chi connectivity index (χ1) is 16.8. The molecular weight excluding hydrogens is 456 g/mol. The lowest BCUT2D eigenvalue weighted by Crippen LogP contribution is -2.36. The third-order valence-corrected chi connectivity index (χ3v) is 6.07. The van der Waals surface area contributed by atoms with Crippen molar-refractivity contribution in [2.24, 2.45) is 0 Å². The molecule has 3 rings (SSSR count). The largest absolute Gasteiger partial charge is 0.494 e. The second-order valence-corrected chi connectivity index (χ2v) is 8.12. The zero-order valence-electron chi connectivity index (χ0n) is 20.4. The van der Waals surface area contributed by atoms with Gasteiger partial charge in [0.2, 0.25) is 23.1 Å². The fourth-order valence-electron chi connectivity index (χ4n) is 4.41. The fourth-order valence-corrected chi connectivity index (χ4v) is 4.41. The SMILES string of the molecule is CCOC(=O)CCCOc1ccc(C2(C(=O)OCC)CC3=C(C2)C(=O)C(OC)=C(OC)C3=O)cc1. The summed E-state index contributed by atoms with van der Waals surface area (Å²) in [6.07, 6.45) is 0.785. The lowest BCUT2D eigenvalue weighted by atomic mass is 9.76. The average molecular weight is 487 g/mol. The molecule has 188 valence electrons. The van der Waals surface area contributed by atoms with Gasteiger partial charge in [0, 0.05) is 17.6 Å². The van der Waals surface area contributed by atoms with Crippen molar-refractivity contribution in [1.29, 1.82) is 0 Å². The van der Waals surface area contributed by atoms with Gasteiger partial charge >= 0.3 is 11.9 Å². The monoisotopic (exact) mass is 486 g/mol. The summed E-state index contributed by atoms with van der Waals surface area (Å²) >= 11 is 0. The third-order valence-electron chi connectivity index (χ3n) is 6.07. The van der Waals surface area contributed by atoms with Gasteiger partial charge in [0.05, 0.1) is 34.0 Å². The van der Waals surface area contributed by atoms with Crippen molar-refractivity contribution in [1.82, 2.24) is 0 Å². The smallest absolute Gasteiger partial charge is 0.317 e. The van der Waals surface area contributed by atoms with Gasteiger partial charge in [0.1, 0.15) is 11.2 Å². The predicted octanol–water partition coefficient (Wildman–Crippen LogP) is 2.96. The molecule has 0 spiro atoms. The number of ketones is 2. The Morgan fingerprint density at radius 3 is 1.89 bits per heavy atom. The van der Waals surface area contributed by atoms with Gasteiger partial charge in [-0.3, -0.25) is 19.2 Å². The zero-order chi connectivity index (χ0) is 25.6. The van der Waals surface area contributed by atoms with Crippen LogP contribution in [0.3, 0.4) is 0 Å². The van der Waals surface area contributed by atoms with E-state index in [-0.39, 0.29) is 54.5 Å². The van der Waals surface area contributed by atoms with E-state index in [1.165, 1.54) is 14.2 Å². The van der Waals surface area contributed by atoms with Gasteiger partial charge in [0.25, 0.3) is 0 Å². The highest BCUT2D eigenvalue weighted by molar-refractivity contribution is 6.25. The van der Waals surface area contributed by atoms with Gasteiger partial charge in [-0.05, 0) is 50.8 Å². The minimum atomic E-state index is -1.24. The number of hydrogen-bond acceptors (Lipinski definition) is 9. The Kier molecular flexibility index (Phi) is 8.32. The number of carbonyl (C=O) groups is 4. The van der Waals surface area contributed by atoms with Gasteiger partial charge in [-0.1, -0.05) is 12.1 Å². The Balaban J connectivity index is 1.81. The van der Waals surface area contributed by atoms with E-state index in [0.717, 1.165) is 0 Å². The molecule has 35 heavy (non-hydrogen) atoms. The average Bonchev–Trinajstić information content (AvgIpc) is 3.27. The van der Waals surface area contributed by atoms with Crippen LogP contribution < -0.4 is 4.74 Å². The Hall–Kier alpha value is -3.62. The number of carbonyl (C=O) groups excluding carboxylic acids is 4. The third kappa shape index (κ3) is 5.08. The molecule has 0 aromatic heterocycles. The van der Waals surface area contributed by atoms with Crippen molar-refractivity contribution in [2.75, 3.05) is 34.0 Å². The molecule has 9 heteroatoms. The first-order valence-electron chi connectivity index (χ1n) is 11.5. The standard InChI is InChI=1S/C26H30O9/c1-5-33-20(27)8-7-13-35-17-11-9-16(10-12-17)26(25(30)34-6-2)14-18-19(15-26)22(29)24(32-4)23(31-3)21(18)28/h9-12H,5-8,13-15H2,1-4H3. The number of rotatable bonds is 11. The number of ether oxygens (including phenoxy) is 5. The van der Waals surface area contributed by atoms with Crippen molar-refractivity contribution in [3.05, 3.63) is 52.5 Å². The number of esters is 2. The topological polar surface area (TPSA) is 114 Å². The Morgan fingerprint density at radius 2 is 1.40 bits per heavy atom. The van der Waals surface area contributed by atoms with Crippen molar-refractivity contribution in [2.45, 2.75) is 44.9 Å². The highest BCUT2D eigenvalue weighted by atomic mass is 16.5. The van der Waals surface area contributed by atoms with Crippen LogP contribution >= 0.6 is 0 Å². The number of methoxy groups -OCH3 is 2. The molecule has 0 N–H and O–H groups in total. The molecule has 0 unspecified atom stereocenters. The molecule has 2 aliphatic carbocycles. The van der Waals surface area contributed by atoms with Crippen LogP contribution in [0.4, 0.5) is 0 Å². The van der Waals surface area contributed by atoms with E-state index < -0.39 is 23.0 Å². The lowest BCUT2D eigenvalue weighted by molar-refractivity contribution is -0.150. The van der Waals surface area contributed by atoms with E-state index >= 15 is 0 Å². The van der Waals surface area contributed by atoms with E-state index in [4.69, 9.17) is 23.7 Å². The zero-order valence-corrected chi connectivity index (χ0v) is 20.4. The first-order valence-corrected chi connectivity index (χ1v) is 11.5. The molecule has 0 aliphatic heterocycles. The number of Topliss-reactive ketones (excluding diaryl/α,β-unsaturated/α-hetero) is 2. The van der Waals surface area contributed by atoms with Crippen LogP contribution in [0, 0.1) is 0 Å². The minimum Gasteiger partial charge on any atom is -0.494 e. The highest BCUT2D eigenvalue weighted by Gasteiger charge is 2.53. The molecule has 0 amide bonds.